The second-order valence-corrected chi connectivity index (χ2v) is 5.57. The van der Waals surface area contributed by atoms with E-state index in [0.717, 1.165) is 43.2 Å². The molecular formula is C15H21NO2. The maximum absolute atomic E-state index is 12.4. The van der Waals surface area contributed by atoms with E-state index in [9.17, 15) is 9.59 Å². The van der Waals surface area contributed by atoms with Crippen LogP contribution in [0.15, 0.2) is 0 Å². The summed E-state index contributed by atoms with van der Waals surface area (Å²) in [7, 11) is 0. The summed E-state index contributed by atoms with van der Waals surface area (Å²) < 4.78 is 0. The molecular weight excluding hydrogens is 226 g/mol. The fraction of sp³-hybridized carbons (Fsp3) is 0.600. The first-order valence-electron chi connectivity index (χ1n) is 6.78. The average Bonchev–Trinajstić information content (AvgIpc) is 2.95. The molecule has 3 nitrogen and oxygen atoms in total. The number of ketones is 1. The lowest BCUT2D eigenvalue weighted by Crippen LogP contribution is -2.12. The van der Waals surface area contributed by atoms with E-state index in [0.29, 0.717) is 11.3 Å². The summed E-state index contributed by atoms with van der Waals surface area (Å²) in [6, 6.07) is 0. The summed E-state index contributed by atoms with van der Waals surface area (Å²) in [5.41, 5.74) is 3.05. The Balaban J connectivity index is 2.38. The number of rotatable bonds is 4. The molecule has 1 aliphatic carbocycles. The van der Waals surface area contributed by atoms with Crippen LogP contribution in [0, 0.1) is 12.8 Å². The van der Waals surface area contributed by atoms with Crippen molar-refractivity contribution in [2.75, 3.05) is 0 Å². The van der Waals surface area contributed by atoms with E-state index in [1.54, 1.807) is 0 Å². The first-order chi connectivity index (χ1) is 8.56. The van der Waals surface area contributed by atoms with Crippen LogP contribution in [-0.2, 0) is 0 Å². The summed E-state index contributed by atoms with van der Waals surface area (Å²) in [6.45, 7) is 5.93. The summed E-state index contributed by atoms with van der Waals surface area (Å²) in [5, 5.41) is 0. The van der Waals surface area contributed by atoms with Gasteiger partial charge in [-0.2, -0.15) is 0 Å². The normalized spacial score (nSPS) is 16.4. The predicted octanol–water partition coefficient (Wildman–Crippen LogP) is 3.63. The summed E-state index contributed by atoms with van der Waals surface area (Å²) in [5.74, 6) is 0.580. The topological polar surface area (TPSA) is 49.9 Å². The molecule has 0 saturated heterocycles. The minimum absolute atomic E-state index is 0.155. The Morgan fingerprint density at radius 2 is 1.94 bits per heavy atom. The molecule has 1 fully saturated rings. The van der Waals surface area contributed by atoms with Gasteiger partial charge in [-0.15, -0.1) is 0 Å². The Kier molecular flexibility index (Phi) is 3.69. The molecule has 0 aliphatic heterocycles. The van der Waals surface area contributed by atoms with Crippen molar-refractivity contribution in [3.63, 3.8) is 0 Å². The molecule has 18 heavy (non-hydrogen) atoms. The largest absolute Gasteiger partial charge is 0.355 e. The van der Waals surface area contributed by atoms with E-state index in [2.05, 4.69) is 4.98 Å². The molecule has 1 aromatic heterocycles. The molecule has 0 radical (unpaired) electrons. The molecule has 1 saturated carbocycles. The maximum atomic E-state index is 12.4. The van der Waals surface area contributed by atoms with Crippen LogP contribution in [0.2, 0.25) is 0 Å². The van der Waals surface area contributed by atoms with Gasteiger partial charge in [0, 0.05) is 17.2 Å². The minimum Gasteiger partial charge on any atom is -0.355 e. The highest BCUT2D eigenvalue weighted by molar-refractivity contribution is 6.00. The van der Waals surface area contributed by atoms with Gasteiger partial charge in [0.1, 0.15) is 0 Å². The van der Waals surface area contributed by atoms with Crippen LogP contribution in [0.1, 0.15) is 77.6 Å². The number of aldehydes is 1. The zero-order valence-corrected chi connectivity index (χ0v) is 11.4. The van der Waals surface area contributed by atoms with Crippen LogP contribution in [0.4, 0.5) is 0 Å². The molecule has 0 amide bonds. The predicted molar refractivity (Wildman–Crippen MR) is 71.3 cm³/mol. The molecule has 1 aromatic rings. The van der Waals surface area contributed by atoms with Gasteiger partial charge >= 0.3 is 0 Å². The van der Waals surface area contributed by atoms with Gasteiger partial charge in [-0.3, -0.25) is 9.59 Å². The van der Waals surface area contributed by atoms with Gasteiger partial charge in [0.05, 0.1) is 5.69 Å². The maximum Gasteiger partial charge on any atom is 0.182 e. The van der Waals surface area contributed by atoms with Crippen molar-refractivity contribution >= 4 is 12.1 Å². The standard InChI is InChI=1S/C15H21NO2/c1-9(2)13-12(8-17)10(3)14(16-13)15(18)11-6-4-5-7-11/h8-9,11,16H,4-7H2,1-3H3. The van der Waals surface area contributed by atoms with Crippen LogP contribution in [0.5, 0.6) is 0 Å². The van der Waals surface area contributed by atoms with Gasteiger partial charge in [0.15, 0.2) is 12.1 Å². The van der Waals surface area contributed by atoms with E-state index < -0.39 is 0 Å². The third-order valence-electron chi connectivity index (χ3n) is 4.00. The number of nitrogens with one attached hydrogen (secondary N) is 1. The molecule has 2 rings (SSSR count). The van der Waals surface area contributed by atoms with Gasteiger partial charge in [0.25, 0.3) is 0 Å². The minimum atomic E-state index is 0.155. The molecule has 1 N–H and O–H groups in total. The zero-order valence-electron chi connectivity index (χ0n) is 11.4. The van der Waals surface area contributed by atoms with E-state index >= 15 is 0 Å². The van der Waals surface area contributed by atoms with E-state index in [1.807, 2.05) is 20.8 Å². The lowest BCUT2D eigenvalue weighted by Gasteiger charge is -2.07. The van der Waals surface area contributed by atoms with E-state index in [1.165, 1.54) is 0 Å². The fourth-order valence-corrected chi connectivity index (χ4v) is 2.88. The number of carbonyl (C=O) groups is 2. The lowest BCUT2D eigenvalue weighted by atomic mass is 9.97. The SMILES string of the molecule is Cc1c(C(=O)C2CCCC2)[nH]c(C(C)C)c1C=O. The van der Waals surface area contributed by atoms with Crippen molar-refractivity contribution < 1.29 is 9.59 Å². The van der Waals surface area contributed by atoms with Crippen LogP contribution < -0.4 is 0 Å². The van der Waals surface area contributed by atoms with Crippen LogP contribution >= 0.6 is 0 Å². The Bertz CT molecular complexity index is 465. The van der Waals surface area contributed by atoms with Crippen LogP contribution in [0.3, 0.4) is 0 Å². The van der Waals surface area contributed by atoms with Gasteiger partial charge in [-0.25, -0.2) is 0 Å². The number of hydrogen-bond acceptors (Lipinski definition) is 2. The van der Waals surface area contributed by atoms with Gasteiger partial charge in [-0.05, 0) is 31.2 Å². The third kappa shape index (κ3) is 2.14. The molecule has 0 bridgehead atoms. The van der Waals surface area contributed by atoms with E-state index in [4.69, 9.17) is 0 Å². The van der Waals surface area contributed by atoms with Gasteiger partial charge in [-0.1, -0.05) is 26.7 Å². The highest BCUT2D eigenvalue weighted by Gasteiger charge is 2.28. The lowest BCUT2D eigenvalue weighted by molar-refractivity contribution is 0.0917. The zero-order chi connectivity index (χ0) is 13.3. The molecule has 0 aromatic carbocycles. The van der Waals surface area contributed by atoms with Crippen molar-refractivity contribution in [1.82, 2.24) is 4.98 Å². The van der Waals surface area contributed by atoms with Gasteiger partial charge < -0.3 is 4.98 Å². The molecule has 1 aliphatic rings. The number of H-pyrrole nitrogens is 1. The number of Topliss-reactive ketones (excluding diaryl/α,β-unsaturated/α-hetero) is 1. The van der Waals surface area contributed by atoms with Crippen molar-refractivity contribution in [1.29, 1.82) is 0 Å². The van der Waals surface area contributed by atoms with Crippen molar-refractivity contribution in [2.45, 2.75) is 52.4 Å². The number of carbonyl (C=O) groups excluding carboxylic acids is 2. The van der Waals surface area contributed by atoms with Crippen molar-refractivity contribution in [3.8, 4) is 0 Å². The second-order valence-electron chi connectivity index (χ2n) is 5.57. The quantitative estimate of drug-likeness (QED) is 0.652. The highest BCUT2D eigenvalue weighted by atomic mass is 16.1. The number of aromatic amines is 1. The Morgan fingerprint density at radius 3 is 2.39 bits per heavy atom. The fourth-order valence-electron chi connectivity index (χ4n) is 2.88. The van der Waals surface area contributed by atoms with Crippen molar-refractivity contribution in [2.24, 2.45) is 5.92 Å². The molecule has 0 unspecified atom stereocenters. The summed E-state index contributed by atoms with van der Waals surface area (Å²) in [4.78, 5) is 26.8. The summed E-state index contributed by atoms with van der Waals surface area (Å²) >= 11 is 0. The van der Waals surface area contributed by atoms with Crippen LogP contribution in [0.25, 0.3) is 0 Å². The highest BCUT2D eigenvalue weighted by Crippen LogP contribution is 2.31. The van der Waals surface area contributed by atoms with E-state index in [-0.39, 0.29) is 17.6 Å². The molecule has 0 atom stereocenters. The Morgan fingerprint density at radius 1 is 1.33 bits per heavy atom. The van der Waals surface area contributed by atoms with Crippen LogP contribution in [-0.4, -0.2) is 17.1 Å². The molecule has 0 spiro atoms. The second kappa shape index (κ2) is 5.09. The Labute approximate surface area is 108 Å². The smallest absolute Gasteiger partial charge is 0.182 e. The molecule has 3 heteroatoms. The van der Waals surface area contributed by atoms with Crippen molar-refractivity contribution in [3.05, 3.63) is 22.5 Å². The Hall–Kier alpha value is -1.38. The molecule has 98 valence electrons. The number of hydrogen-bond donors (Lipinski definition) is 1. The monoisotopic (exact) mass is 247 g/mol. The summed E-state index contributed by atoms with van der Waals surface area (Å²) in [6.07, 6.45) is 5.14. The average molecular weight is 247 g/mol. The molecule has 1 heterocycles. The first-order valence-corrected chi connectivity index (χ1v) is 6.78. The number of aromatic nitrogens is 1. The van der Waals surface area contributed by atoms with Gasteiger partial charge in [0.2, 0.25) is 0 Å². The first kappa shape index (κ1) is 13.1. The third-order valence-corrected chi connectivity index (χ3v) is 4.00.